The van der Waals surface area contributed by atoms with Gasteiger partial charge in [0.05, 0.1) is 13.1 Å². The zero-order chi connectivity index (χ0) is 34.1. The Morgan fingerprint density at radius 1 is 0.244 bits per heavy atom. The highest BCUT2D eigenvalue weighted by Crippen LogP contribution is 2.61. The maximum Gasteiger partial charge on any atom is 0.460 e. The van der Waals surface area contributed by atoms with Gasteiger partial charge in [-0.05, 0) is 0 Å². The Bertz CT molecular complexity index is 845. The van der Waals surface area contributed by atoms with Crippen molar-refractivity contribution in [3.63, 3.8) is 0 Å². The van der Waals surface area contributed by atoms with Gasteiger partial charge in [0.15, 0.2) is 0 Å². The Labute approximate surface area is 205 Å². The normalized spacial score (nSPS) is 16.8. The van der Waals surface area contributed by atoms with E-state index in [2.05, 4.69) is 0 Å². The van der Waals surface area contributed by atoms with Gasteiger partial charge in [-0.1, -0.05) is 0 Å². The zero-order valence-electron chi connectivity index (χ0n) is 17.7. The van der Waals surface area contributed by atoms with Gasteiger partial charge in [-0.3, -0.25) is 0 Å². The Kier molecular flexibility index (Phi) is 9.39. The Balaban J connectivity index is 6.28. The summed E-state index contributed by atoms with van der Waals surface area (Å²) in [6, 6.07) is 0. The third kappa shape index (κ3) is 5.39. The molecule has 0 atom stereocenters. The van der Waals surface area contributed by atoms with Gasteiger partial charge in [-0.15, -0.1) is 0 Å². The molecule has 0 aromatic carbocycles. The van der Waals surface area contributed by atoms with Gasteiger partial charge in [0.2, 0.25) is 0 Å². The van der Waals surface area contributed by atoms with Crippen molar-refractivity contribution in [3.05, 3.63) is 0 Å². The number of hydrogen-bond acceptors (Lipinski definition) is 1. The third-order valence-corrected chi connectivity index (χ3v) is 4.69. The van der Waals surface area contributed by atoms with Gasteiger partial charge < -0.3 is 5.32 Å². The molecule has 0 amide bonds. The summed E-state index contributed by atoms with van der Waals surface area (Å²) in [4.78, 5) is 0. The molecule has 0 rings (SSSR count). The SMILES string of the molecule is FC(F)(F)C(F)(F)C(F)(F)C(F)(F)C(F)(F)C(F)(F)CNCC(F)(F)C(F)(F)C(F)(F)C(F)(F)C(F)(F)C(F)(F)F. The van der Waals surface area contributed by atoms with Crippen molar-refractivity contribution in [2.24, 2.45) is 0 Å². The standard InChI is InChI=1S/C14H5F26N/c15-3(16,5(19,20)7(23,24)9(27,28)11(31,32)13(35,36)37)1-41-2-4(17,18)6(21,22)8(25,26)10(29,30)12(33,34)14(38,39)40/h41H,1-2H2. The predicted molar refractivity (Wildman–Crippen MR) is 74.4 cm³/mol. The van der Waals surface area contributed by atoms with E-state index in [0.29, 0.717) is 0 Å². The van der Waals surface area contributed by atoms with E-state index in [-0.39, 0.29) is 5.32 Å². The molecule has 0 aliphatic heterocycles. The fourth-order valence-electron chi connectivity index (χ4n) is 2.20. The number of nitrogens with one attached hydrogen (secondary N) is 1. The Hall–Kier alpha value is -1.86. The van der Waals surface area contributed by atoms with Crippen LogP contribution in [0.2, 0.25) is 0 Å². The van der Waals surface area contributed by atoms with E-state index in [9.17, 15) is 114 Å². The number of hydrogen-bond donors (Lipinski definition) is 1. The number of alkyl halides is 26. The summed E-state index contributed by atoms with van der Waals surface area (Å²) in [5.74, 6) is -81.7. The lowest BCUT2D eigenvalue weighted by Crippen LogP contribution is -2.72. The summed E-state index contributed by atoms with van der Waals surface area (Å²) in [6.07, 6.45) is -15.7. The topological polar surface area (TPSA) is 12.0 Å². The summed E-state index contributed by atoms with van der Waals surface area (Å²) in [5, 5.41) is -0.373. The molecular weight excluding hydrogens is 676 g/mol. The molecule has 0 fully saturated rings. The average molecular weight is 681 g/mol. The summed E-state index contributed by atoms with van der Waals surface area (Å²) in [5.41, 5.74) is 0. The third-order valence-electron chi connectivity index (χ3n) is 4.69. The maximum atomic E-state index is 13.4. The molecule has 41 heavy (non-hydrogen) atoms. The van der Waals surface area contributed by atoms with Crippen LogP contribution in [0.4, 0.5) is 114 Å². The molecule has 0 aromatic rings. The zero-order valence-corrected chi connectivity index (χ0v) is 17.7. The molecule has 27 heteroatoms. The molecule has 0 spiro atoms. The van der Waals surface area contributed by atoms with Crippen LogP contribution in [-0.4, -0.2) is 84.7 Å². The number of rotatable bonds is 12. The van der Waals surface area contributed by atoms with E-state index < -0.39 is 84.7 Å². The van der Waals surface area contributed by atoms with Crippen LogP contribution < -0.4 is 5.32 Å². The van der Waals surface area contributed by atoms with Crippen LogP contribution in [0.25, 0.3) is 0 Å². The van der Waals surface area contributed by atoms with Crippen LogP contribution in [0.15, 0.2) is 0 Å². The van der Waals surface area contributed by atoms with Crippen molar-refractivity contribution in [2.45, 2.75) is 71.6 Å². The molecule has 0 saturated carbocycles. The average Bonchev–Trinajstić information content (AvgIpc) is 2.70. The van der Waals surface area contributed by atoms with Crippen molar-refractivity contribution in [1.82, 2.24) is 5.32 Å². The monoisotopic (exact) mass is 681 g/mol. The summed E-state index contributed by atoms with van der Waals surface area (Å²) in [7, 11) is 0. The molecule has 0 saturated heterocycles. The van der Waals surface area contributed by atoms with Crippen molar-refractivity contribution in [3.8, 4) is 0 Å². The first-order chi connectivity index (χ1) is 17.2. The molecule has 0 bridgehead atoms. The molecule has 1 N–H and O–H groups in total. The van der Waals surface area contributed by atoms with Crippen molar-refractivity contribution in [2.75, 3.05) is 13.1 Å². The van der Waals surface area contributed by atoms with Crippen LogP contribution in [0.5, 0.6) is 0 Å². The summed E-state index contributed by atoms with van der Waals surface area (Å²) >= 11 is 0. The Morgan fingerprint density at radius 3 is 0.585 bits per heavy atom. The summed E-state index contributed by atoms with van der Waals surface area (Å²) in [6.45, 7) is -7.98. The minimum Gasteiger partial charge on any atom is -0.305 e. The van der Waals surface area contributed by atoms with E-state index in [4.69, 9.17) is 0 Å². The number of halogens is 26. The first-order valence-electron chi connectivity index (χ1n) is 8.83. The second-order valence-electron chi connectivity index (χ2n) is 7.60. The second kappa shape index (κ2) is 9.83. The molecule has 0 aromatic heterocycles. The molecule has 0 heterocycles. The van der Waals surface area contributed by atoms with Gasteiger partial charge in [-0.25, -0.2) is 0 Å². The highest BCUT2D eigenvalue weighted by molar-refractivity contribution is 5.12. The highest BCUT2D eigenvalue weighted by atomic mass is 19.4. The van der Waals surface area contributed by atoms with E-state index in [1.54, 1.807) is 0 Å². The largest absolute Gasteiger partial charge is 0.460 e. The highest BCUT2D eigenvalue weighted by Gasteiger charge is 2.92. The van der Waals surface area contributed by atoms with Crippen molar-refractivity contribution in [1.29, 1.82) is 0 Å². The van der Waals surface area contributed by atoms with Crippen LogP contribution in [-0.2, 0) is 0 Å². The lowest BCUT2D eigenvalue weighted by molar-refractivity contribution is -0.440. The maximum absolute atomic E-state index is 13.4. The predicted octanol–water partition coefficient (Wildman–Crippen LogP) is 8.05. The van der Waals surface area contributed by atoms with E-state index in [1.807, 2.05) is 0 Å². The molecule has 0 unspecified atom stereocenters. The van der Waals surface area contributed by atoms with Crippen LogP contribution >= 0.6 is 0 Å². The van der Waals surface area contributed by atoms with E-state index in [1.165, 1.54) is 0 Å². The second-order valence-corrected chi connectivity index (χ2v) is 7.60. The first-order valence-corrected chi connectivity index (χ1v) is 8.83. The van der Waals surface area contributed by atoms with Crippen molar-refractivity contribution >= 4 is 0 Å². The minimum absolute atomic E-state index is 0.373. The van der Waals surface area contributed by atoms with Crippen LogP contribution in [0.3, 0.4) is 0 Å². The molecule has 0 aliphatic rings. The minimum atomic E-state index is -8.53. The van der Waals surface area contributed by atoms with Gasteiger partial charge in [0.1, 0.15) is 0 Å². The molecule has 0 aliphatic carbocycles. The van der Waals surface area contributed by atoms with Crippen LogP contribution in [0, 0.1) is 0 Å². The van der Waals surface area contributed by atoms with Crippen LogP contribution in [0.1, 0.15) is 0 Å². The lowest BCUT2D eigenvalue weighted by Gasteiger charge is -2.40. The van der Waals surface area contributed by atoms with E-state index >= 15 is 0 Å². The quantitative estimate of drug-likeness (QED) is 0.206. The van der Waals surface area contributed by atoms with Crippen molar-refractivity contribution < 1.29 is 114 Å². The summed E-state index contributed by atoms with van der Waals surface area (Å²) < 4.78 is 334. The Morgan fingerprint density at radius 2 is 0.415 bits per heavy atom. The van der Waals surface area contributed by atoms with Gasteiger partial charge in [0, 0.05) is 0 Å². The smallest absolute Gasteiger partial charge is 0.305 e. The van der Waals surface area contributed by atoms with Gasteiger partial charge in [-0.2, -0.15) is 114 Å². The van der Waals surface area contributed by atoms with Gasteiger partial charge >= 0.3 is 71.6 Å². The fraction of sp³-hybridized carbons (Fsp3) is 1.00. The molecule has 0 radical (unpaired) electrons. The first kappa shape index (κ1) is 39.1. The molecule has 1 nitrogen and oxygen atoms in total. The lowest BCUT2D eigenvalue weighted by atomic mass is 9.93. The molecule has 248 valence electrons. The fourth-order valence-corrected chi connectivity index (χ4v) is 2.20. The van der Waals surface area contributed by atoms with Gasteiger partial charge in [0.25, 0.3) is 0 Å². The van der Waals surface area contributed by atoms with E-state index in [0.717, 1.165) is 0 Å². The molecular formula is C14H5F26N.